The van der Waals surface area contributed by atoms with Crippen LogP contribution in [0.15, 0.2) is 47.5 Å². The standard InChI is InChI=1S/C17H18ClN3/c1-11-6-7-13(8-12(11)2)16-10-20-17(19)21(16)15-5-3-4-14(18)9-15/h3-9,16H,10H2,1-2H3,(H2,19,20). The fourth-order valence-corrected chi connectivity index (χ4v) is 2.85. The Balaban J connectivity index is 2.00. The summed E-state index contributed by atoms with van der Waals surface area (Å²) in [5.41, 5.74) is 10.9. The molecule has 3 nitrogen and oxygen atoms in total. The SMILES string of the molecule is Cc1ccc(C2CN=C(N)N2c2cccc(Cl)c2)cc1C. The van der Waals surface area contributed by atoms with Gasteiger partial charge in [0.15, 0.2) is 5.96 Å². The zero-order valence-electron chi connectivity index (χ0n) is 12.2. The Kier molecular flexibility index (Phi) is 3.60. The first-order chi connectivity index (χ1) is 10.1. The molecule has 2 N–H and O–H groups in total. The number of halogens is 1. The van der Waals surface area contributed by atoms with E-state index in [9.17, 15) is 0 Å². The number of hydrogen-bond donors (Lipinski definition) is 1. The summed E-state index contributed by atoms with van der Waals surface area (Å²) in [4.78, 5) is 6.46. The average molecular weight is 300 g/mol. The number of benzene rings is 2. The molecule has 0 aliphatic carbocycles. The van der Waals surface area contributed by atoms with Crippen LogP contribution in [0, 0.1) is 13.8 Å². The minimum Gasteiger partial charge on any atom is -0.369 e. The van der Waals surface area contributed by atoms with Crippen LogP contribution in [-0.4, -0.2) is 12.5 Å². The van der Waals surface area contributed by atoms with Gasteiger partial charge in [-0.1, -0.05) is 35.9 Å². The van der Waals surface area contributed by atoms with Crippen LogP contribution < -0.4 is 10.6 Å². The summed E-state index contributed by atoms with van der Waals surface area (Å²) in [6, 6.07) is 14.4. The molecular weight excluding hydrogens is 282 g/mol. The van der Waals surface area contributed by atoms with Gasteiger partial charge in [0.1, 0.15) is 0 Å². The molecule has 21 heavy (non-hydrogen) atoms. The molecule has 0 bridgehead atoms. The molecule has 0 amide bonds. The quantitative estimate of drug-likeness (QED) is 0.915. The van der Waals surface area contributed by atoms with Gasteiger partial charge in [-0.05, 0) is 48.7 Å². The van der Waals surface area contributed by atoms with Crippen molar-refractivity contribution in [3.05, 3.63) is 64.2 Å². The fraction of sp³-hybridized carbons (Fsp3) is 0.235. The van der Waals surface area contributed by atoms with E-state index < -0.39 is 0 Å². The monoisotopic (exact) mass is 299 g/mol. The van der Waals surface area contributed by atoms with Crippen LogP contribution in [0.1, 0.15) is 22.7 Å². The van der Waals surface area contributed by atoms with Gasteiger partial charge in [0.2, 0.25) is 0 Å². The second-order valence-corrected chi connectivity index (χ2v) is 5.84. The summed E-state index contributed by atoms with van der Waals surface area (Å²) >= 11 is 6.10. The van der Waals surface area contributed by atoms with E-state index in [0.717, 1.165) is 5.69 Å². The highest BCUT2D eigenvalue weighted by Gasteiger charge is 2.29. The zero-order chi connectivity index (χ0) is 15.0. The fourth-order valence-electron chi connectivity index (χ4n) is 2.66. The molecule has 1 unspecified atom stereocenters. The third kappa shape index (κ3) is 2.61. The highest BCUT2D eigenvalue weighted by Crippen LogP contribution is 2.32. The Bertz CT molecular complexity index is 709. The van der Waals surface area contributed by atoms with E-state index in [1.54, 1.807) is 0 Å². The Morgan fingerprint density at radius 3 is 2.67 bits per heavy atom. The van der Waals surface area contributed by atoms with Crippen LogP contribution >= 0.6 is 11.6 Å². The normalized spacial score (nSPS) is 18.0. The largest absolute Gasteiger partial charge is 0.369 e. The Morgan fingerprint density at radius 2 is 1.95 bits per heavy atom. The molecule has 108 valence electrons. The highest BCUT2D eigenvalue weighted by molar-refractivity contribution is 6.30. The Hall–Kier alpha value is -2.00. The van der Waals surface area contributed by atoms with Gasteiger partial charge in [-0.25, -0.2) is 0 Å². The number of nitrogens with zero attached hydrogens (tertiary/aromatic N) is 2. The molecule has 1 atom stereocenters. The van der Waals surface area contributed by atoms with Crippen molar-refractivity contribution in [1.82, 2.24) is 0 Å². The van der Waals surface area contributed by atoms with E-state index in [1.807, 2.05) is 24.3 Å². The second-order valence-electron chi connectivity index (χ2n) is 5.41. The predicted molar refractivity (Wildman–Crippen MR) is 89.1 cm³/mol. The second kappa shape index (κ2) is 5.41. The lowest BCUT2D eigenvalue weighted by molar-refractivity contribution is 0.767. The van der Waals surface area contributed by atoms with Crippen molar-refractivity contribution in [3.8, 4) is 0 Å². The molecule has 0 radical (unpaired) electrons. The van der Waals surface area contributed by atoms with Gasteiger partial charge in [-0.15, -0.1) is 0 Å². The maximum absolute atomic E-state index is 6.10. The summed E-state index contributed by atoms with van der Waals surface area (Å²) < 4.78 is 0. The van der Waals surface area contributed by atoms with Crippen LogP contribution in [0.2, 0.25) is 5.02 Å². The van der Waals surface area contributed by atoms with E-state index in [4.69, 9.17) is 17.3 Å². The first-order valence-electron chi connectivity index (χ1n) is 6.98. The minimum atomic E-state index is 0.128. The summed E-state index contributed by atoms with van der Waals surface area (Å²) in [6.45, 7) is 4.91. The van der Waals surface area contributed by atoms with E-state index in [0.29, 0.717) is 17.5 Å². The van der Waals surface area contributed by atoms with Crippen molar-refractivity contribution >= 4 is 23.2 Å². The molecule has 1 heterocycles. The maximum Gasteiger partial charge on any atom is 0.196 e. The van der Waals surface area contributed by atoms with Gasteiger partial charge in [-0.2, -0.15) is 0 Å². The van der Waals surface area contributed by atoms with E-state index in [2.05, 4.69) is 41.9 Å². The highest BCUT2D eigenvalue weighted by atomic mass is 35.5. The third-order valence-electron chi connectivity index (χ3n) is 3.99. The van der Waals surface area contributed by atoms with Crippen LogP contribution in [0.25, 0.3) is 0 Å². The molecule has 0 spiro atoms. The number of aryl methyl sites for hydroxylation is 2. The van der Waals surface area contributed by atoms with E-state index in [-0.39, 0.29) is 6.04 Å². The molecule has 4 heteroatoms. The number of guanidine groups is 1. The van der Waals surface area contributed by atoms with Gasteiger partial charge >= 0.3 is 0 Å². The summed E-state index contributed by atoms with van der Waals surface area (Å²) in [5.74, 6) is 0.542. The topological polar surface area (TPSA) is 41.6 Å². The van der Waals surface area contributed by atoms with Gasteiger partial charge in [0, 0.05) is 10.7 Å². The molecule has 3 rings (SSSR count). The van der Waals surface area contributed by atoms with Gasteiger partial charge in [0.05, 0.1) is 12.6 Å². The van der Waals surface area contributed by atoms with Gasteiger partial charge < -0.3 is 10.6 Å². The lowest BCUT2D eigenvalue weighted by Crippen LogP contribution is -2.36. The summed E-state index contributed by atoms with van der Waals surface area (Å²) in [5, 5.41) is 0.700. The van der Waals surface area contributed by atoms with Crippen LogP contribution in [0.3, 0.4) is 0 Å². The minimum absolute atomic E-state index is 0.128. The maximum atomic E-state index is 6.10. The van der Waals surface area contributed by atoms with Crippen molar-refractivity contribution in [1.29, 1.82) is 0 Å². The molecule has 0 saturated carbocycles. The van der Waals surface area contributed by atoms with Crippen molar-refractivity contribution in [2.75, 3.05) is 11.4 Å². The molecule has 0 fully saturated rings. The van der Waals surface area contributed by atoms with Crippen LogP contribution in [-0.2, 0) is 0 Å². The number of rotatable bonds is 2. The lowest BCUT2D eigenvalue weighted by Gasteiger charge is -2.27. The number of hydrogen-bond acceptors (Lipinski definition) is 3. The smallest absolute Gasteiger partial charge is 0.196 e. The van der Waals surface area contributed by atoms with Crippen LogP contribution in [0.4, 0.5) is 5.69 Å². The lowest BCUT2D eigenvalue weighted by atomic mass is 10.00. The number of anilines is 1. The van der Waals surface area contributed by atoms with Gasteiger partial charge in [-0.3, -0.25) is 4.99 Å². The Morgan fingerprint density at radius 1 is 1.14 bits per heavy atom. The third-order valence-corrected chi connectivity index (χ3v) is 4.22. The molecular formula is C17H18ClN3. The van der Waals surface area contributed by atoms with E-state index in [1.165, 1.54) is 16.7 Å². The molecule has 0 saturated heterocycles. The molecule has 2 aromatic carbocycles. The molecule has 2 aromatic rings. The predicted octanol–water partition coefficient (Wildman–Crippen LogP) is 3.83. The average Bonchev–Trinajstić information content (AvgIpc) is 2.84. The first kappa shape index (κ1) is 14.0. The van der Waals surface area contributed by atoms with Crippen molar-refractivity contribution in [2.45, 2.75) is 19.9 Å². The Labute approximate surface area is 130 Å². The molecule has 0 aromatic heterocycles. The van der Waals surface area contributed by atoms with Crippen LogP contribution in [0.5, 0.6) is 0 Å². The van der Waals surface area contributed by atoms with E-state index >= 15 is 0 Å². The molecule has 1 aliphatic heterocycles. The summed E-state index contributed by atoms with van der Waals surface area (Å²) in [7, 11) is 0. The summed E-state index contributed by atoms with van der Waals surface area (Å²) in [6.07, 6.45) is 0. The van der Waals surface area contributed by atoms with Crippen molar-refractivity contribution in [3.63, 3.8) is 0 Å². The zero-order valence-corrected chi connectivity index (χ0v) is 12.9. The van der Waals surface area contributed by atoms with Crippen molar-refractivity contribution in [2.24, 2.45) is 10.7 Å². The van der Waals surface area contributed by atoms with Gasteiger partial charge in [0.25, 0.3) is 0 Å². The molecule has 1 aliphatic rings. The number of aliphatic imine (C=N–C) groups is 1. The first-order valence-corrected chi connectivity index (χ1v) is 7.36. The number of nitrogens with two attached hydrogens (primary N) is 1. The van der Waals surface area contributed by atoms with Crippen molar-refractivity contribution < 1.29 is 0 Å².